The molecule has 1 aromatic heterocycles. The Bertz CT molecular complexity index is 1890. The zero-order chi connectivity index (χ0) is 32.5. The summed E-state index contributed by atoms with van der Waals surface area (Å²) in [4.78, 5) is 22.1. The van der Waals surface area contributed by atoms with Gasteiger partial charge in [-0.25, -0.2) is 0 Å². The van der Waals surface area contributed by atoms with Gasteiger partial charge in [0.1, 0.15) is 5.75 Å². The third kappa shape index (κ3) is 5.99. The summed E-state index contributed by atoms with van der Waals surface area (Å²) in [7, 11) is 0.699. The molecule has 4 heterocycles. The number of piperidine rings is 3. The van der Waals surface area contributed by atoms with Gasteiger partial charge in [0.25, 0.3) is 5.91 Å². The number of aromatic nitrogens is 1. The molecule has 8 rings (SSSR count). The summed E-state index contributed by atoms with van der Waals surface area (Å²) >= 11 is 0. The van der Waals surface area contributed by atoms with E-state index in [0.717, 1.165) is 52.6 Å². The van der Waals surface area contributed by atoms with Crippen molar-refractivity contribution in [2.45, 2.75) is 38.8 Å². The topological polar surface area (TPSA) is 54.5 Å². The molecule has 0 radical (unpaired) electrons. The predicted molar refractivity (Wildman–Crippen MR) is 195 cm³/mol. The average molecular weight is 640 g/mol. The second-order valence-electron chi connectivity index (χ2n) is 12.9. The van der Waals surface area contributed by atoms with Crippen LogP contribution in [0, 0.1) is 25.7 Å². The van der Waals surface area contributed by atoms with Crippen LogP contribution in [0.1, 0.15) is 45.9 Å². The van der Waals surface area contributed by atoms with Gasteiger partial charge in [-0.05, 0) is 116 Å². The zero-order valence-electron chi connectivity index (χ0n) is 27.4. The van der Waals surface area contributed by atoms with Gasteiger partial charge in [-0.2, -0.15) is 0 Å². The lowest BCUT2D eigenvalue weighted by Crippen LogP contribution is -2.57. The molecule has 0 spiro atoms. The number of carbonyl (C=O) groups is 1. The van der Waals surface area contributed by atoms with Crippen molar-refractivity contribution in [2.75, 3.05) is 20.2 Å². The largest absolute Gasteiger partial charge is 0.497 e. The molecular formula is C41H42N3O2P. The molecular weight excluding hydrogens is 597 g/mol. The number of benzene rings is 4. The molecule has 6 heteroatoms. The smallest absolute Gasteiger partial charge is 0.252 e. The van der Waals surface area contributed by atoms with Crippen molar-refractivity contribution in [1.29, 1.82) is 0 Å². The lowest BCUT2D eigenvalue weighted by molar-refractivity contribution is 0.00171. The van der Waals surface area contributed by atoms with E-state index in [1.54, 1.807) is 7.11 Å². The molecule has 3 aliphatic heterocycles. The molecule has 4 aromatic carbocycles. The van der Waals surface area contributed by atoms with Crippen molar-refractivity contribution >= 4 is 40.6 Å². The van der Waals surface area contributed by atoms with Crippen LogP contribution in [0.15, 0.2) is 116 Å². The highest BCUT2D eigenvalue weighted by atomic mass is 31.1. The molecule has 3 fully saturated rings. The number of nitrogens with zero attached hydrogens (tertiary/aromatic N) is 2. The highest BCUT2D eigenvalue weighted by Gasteiger charge is 2.43. The molecule has 1 N–H and O–H groups in total. The maximum absolute atomic E-state index is 14.8. The van der Waals surface area contributed by atoms with Gasteiger partial charge in [0.05, 0.1) is 18.7 Å². The monoisotopic (exact) mass is 639 g/mol. The molecule has 3 aliphatic rings. The van der Waals surface area contributed by atoms with Crippen LogP contribution in [0.25, 0.3) is 10.9 Å². The van der Waals surface area contributed by atoms with E-state index in [1.165, 1.54) is 28.2 Å². The number of fused-ring (bicyclic) bond motifs is 4. The number of aryl methyl sites for hydroxylation is 2. The molecule has 3 saturated heterocycles. The molecule has 0 saturated carbocycles. The Balaban J connectivity index is 1.34. The molecule has 5 nitrogen and oxygen atoms in total. The fourth-order valence-corrected chi connectivity index (χ4v) is 10.5. The van der Waals surface area contributed by atoms with E-state index in [0.29, 0.717) is 11.8 Å². The Hall–Kier alpha value is -4.31. The third-order valence-electron chi connectivity index (χ3n) is 10.2. The quantitative estimate of drug-likeness (QED) is 0.140. The molecule has 5 atom stereocenters. The van der Waals surface area contributed by atoms with Crippen LogP contribution in [0.3, 0.4) is 0 Å². The summed E-state index contributed by atoms with van der Waals surface area (Å²) in [5, 5.41) is 8.25. The van der Waals surface area contributed by atoms with Gasteiger partial charge in [-0.3, -0.25) is 14.7 Å². The summed E-state index contributed by atoms with van der Waals surface area (Å²) in [6.45, 7) is 10.5. The number of hydrogen-bond acceptors (Lipinski definition) is 4. The summed E-state index contributed by atoms with van der Waals surface area (Å²) in [6.07, 6.45) is 6.17. The molecule has 0 aliphatic carbocycles. The maximum Gasteiger partial charge on any atom is 0.252 e. The fraction of sp³-hybridized carbons (Fsp3) is 0.268. The van der Waals surface area contributed by atoms with Crippen LogP contribution in [0.5, 0.6) is 5.75 Å². The standard InChI is InChI=1S/C41H42N3O2P/c1-5-29-26-44-23-21-30(29)24-36(44)40(32-20-22-42-35-19-18-31(46-4)25-34(32)35)43-41(45)33-14-8-11-17-39(33)47(37-15-9-6-12-27(37)2)38-16-10-7-13-28(38)3/h5-20,22,25,29-30,36,40H,1,21,23-24,26H2,2-4H3,(H,43,45)/t29?,30?,36?,40-/m0/s1. The van der Waals surface area contributed by atoms with Crippen molar-refractivity contribution in [1.82, 2.24) is 15.2 Å². The Morgan fingerprint density at radius 1 is 0.957 bits per heavy atom. The van der Waals surface area contributed by atoms with E-state index in [1.807, 2.05) is 30.5 Å². The summed E-state index contributed by atoms with van der Waals surface area (Å²) in [5.41, 5.74) is 5.16. The van der Waals surface area contributed by atoms with Crippen LogP contribution in [-0.2, 0) is 0 Å². The first kappa shape index (κ1) is 31.3. The summed E-state index contributed by atoms with van der Waals surface area (Å²) in [5.74, 6) is 1.78. The van der Waals surface area contributed by atoms with E-state index in [9.17, 15) is 4.79 Å². The highest BCUT2D eigenvalue weighted by molar-refractivity contribution is 7.80. The number of rotatable bonds is 9. The Morgan fingerprint density at radius 2 is 1.64 bits per heavy atom. The van der Waals surface area contributed by atoms with Gasteiger partial charge >= 0.3 is 0 Å². The van der Waals surface area contributed by atoms with E-state index in [-0.39, 0.29) is 18.0 Å². The summed E-state index contributed by atoms with van der Waals surface area (Å²) in [6, 6.07) is 33.4. The van der Waals surface area contributed by atoms with Crippen LogP contribution in [0.2, 0.25) is 0 Å². The van der Waals surface area contributed by atoms with Crippen LogP contribution in [0.4, 0.5) is 0 Å². The van der Waals surface area contributed by atoms with Crippen LogP contribution in [-0.4, -0.2) is 42.0 Å². The zero-order valence-corrected chi connectivity index (χ0v) is 28.3. The third-order valence-corrected chi connectivity index (χ3v) is 13.1. The van der Waals surface area contributed by atoms with Crippen molar-refractivity contribution < 1.29 is 9.53 Å². The first-order valence-electron chi connectivity index (χ1n) is 16.6. The van der Waals surface area contributed by atoms with Crippen LogP contribution < -0.4 is 26.0 Å². The summed E-state index contributed by atoms with van der Waals surface area (Å²) < 4.78 is 5.64. The first-order chi connectivity index (χ1) is 23.0. The van der Waals surface area contributed by atoms with Gasteiger partial charge < -0.3 is 10.1 Å². The van der Waals surface area contributed by atoms with E-state index < -0.39 is 7.92 Å². The molecule has 4 unspecified atom stereocenters. The highest BCUT2D eigenvalue weighted by Crippen LogP contribution is 2.43. The second-order valence-corrected chi connectivity index (χ2v) is 15.0. The van der Waals surface area contributed by atoms with Crippen molar-refractivity contribution in [3.8, 4) is 5.75 Å². The Labute approximate surface area is 279 Å². The molecule has 47 heavy (non-hydrogen) atoms. The van der Waals surface area contributed by atoms with Crippen molar-refractivity contribution in [3.63, 3.8) is 0 Å². The average Bonchev–Trinajstić information content (AvgIpc) is 3.12. The van der Waals surface area contributed by atoms with E-state index in [4.69, 9.17) is 4.74 Å². The number of methoxy groups -OCH3 is 1. The Kier molecular flexibility index (Phi) is 8.94. The minimum Gasteiger partial charge on any atom is -0.497 e. The minimum absolute atomic E-state index is 0.0453. The van der Waals surface area contributed by atoms with Gasteiger partial charge in [0.2, 0.25) is 0 Å². The number of amides is 1. The number of pyridine rings is 1. The lowest BCUT2D eigenvalue weighted by Gasteiger charge is -2.51. The fourth-order valence-electron chi connectivity index (χ4n) is 7.75. The van der Waals surface area contributed by atoms with Gasteiger partial charge in [-0.1, -0.05) is 72.8 Å². The normalized spacial score (nSPS) is 21.0. The van der Waals surface area contributed by atoms with Crippen molar-refractivity contribution in [2.24, 2.45) is 11.8 Å². The predicted octanol–water partition coefficient (Wildman–Crippen LogP) is 6.99. The van der Waals surface area contributed by atoms with Gasteiger partial charge in [0, 0.05) is 29.7 Å². The number of nitrogens with one attached hydrogen (secondary N) is 1. The van der Waals surface area contributed by atoms with E-state index in [2.05, 4.69) is 114 Å². The van der Waals surface area contributed by atoms with Gasteiger partial charge in [-0.15, -0.1) is 6.58 Å². The maximum atomic E-state index is 14.8. The Morgan fingerprint density at radius 3 is 2.28 bits per heavy atom. The first-order valence-corrected chi connectivity index (χ1v) is 17.9. The number of hydrogen-bond donors (Lipinski definition) is 1. The SMILES string of the molecule is C=CC1CN2CCC1CC2[C@@H](NC(=O)c1ccccc1P(c1ccccc1C)c1ccccc1C)c1ccnc2ccc(OC)cc12. The van der Waals surface area contributed by atoms with Crippen molar-refractivity contribution in [3.05, 3.63) is 138 Å². The van der Waals surface area contributed by atoms with Crippen LogP contribution >= 0.6 is 7.92 Å². The minimum atomic E-state index is -0.992. The second kappa shape index (κ2) is 13.4. The molecule has 2 bridgehead atoms. The van der Waals surface area contributed by atoms with E-state index >= 15 is 0 Å². The number of ether oxygens (including phenoxy) is 1. The molecule has 1 amide bonds. The lowest BCUT2D eigenvalue weighted by atomic mass is 9.73. The van der Waals surface area contributed by atoms with Gasteiger partial charge in [0.15, 0.2) is 0 Å². The molecule has 238 valence electrons. The number of carbonyl (C=O) groups excluding carboxylic acids is 1. The molecule has 5 aromatic rings.